The molecule has 0 saturated heterocycles. The van der Waals surface area contributed by atoms with Gasteiger partial charge in [-0.15, -0.1) is 0 Å². The average Bonchev–Trinajstić information content (AvgIpc) is 2.75. The van der Waals surface area contributed by atoms with Crippen LogP contribution >= 0.6 is 0 Å². The molecule has 2 rings (SSSR count). The van der Waals surface area contributed by atoms with Crippen molar-refractivity contribution in [3.63, 3.8) is 0 Å². The van der Waals surface area contributed by atoms with Crippen LogP contribution in [0.25, 0.3) is 10.9 Å². The van der Waals surface area contributed by atoms with Crippen molar-refractivity contribution in [2.24, 2.45) is 0 Å². The zero-order valence-corrected chi connectivity index (χ0v) is 8.27. The van der Waals surface area contributed by atoms with Gasteiger partial charge in [-0.1, -0.05) is 0 Å². The highest BCUT2D eigenvalue weighted by Crippen LogP contribution is 2.23. The molecule has 0 fully saturated rings. The van der Waals surface area contributed by atoms with Crippen molar-refractivity contribution in [2.75, 3.05) is 14.2 Å². The van der Waals surface area contributed by atoms with Gasteiger partial charge in [0.15, 0.2) is 0 Å². The van der Waals surface area contributed by atoms with Crippen LogP contribution in [0.3, 0.4) is 0 Å². The van der Waals surface area contributed by atoms with Gasteiger partial charge in [0.1, 0.15) is 5.56 Å². The van der Waals surface area contributed by atoms with Gasteiger partial charge in [-0.25, -0.2) is 9.78 Å². The number of aromatic amines is 1. The molecule has 0 aliphatic carbocycles. The summed E-state index contributed by atoms with van der Waals surface area (Å²) in [5.74, 6) is -0.0363. The molecule has 2 aromatic rings. The fourth-order valence-corrected chi connectivity index (χ4v) is 1.34. The third kappa shape index (κ3) is 1.39. The Labute approximate surface area is 85.2 Å². The number of methoxy groups -OCH3 is 2. The third-order valence-corrected chi connectivity index (χ3v) is 2.05. The van der Waals surface area contributed by atoms with Crippen LogP contribution < -0.4 is 4.74 Å². The van der Waals surface area contributed by atoms with Crippen molar-refractivity contribution >= 4 is 16.9 Å². The van der Waals surface area contributed by atoms with E-state index in [1.807, 2.05) is 0 Å². The Balaban J connectivity index is 2.68. The molecule has 6 nitrogen and oxygen atoms in total. The van der Waals surface area contributed by atoms with Crippen molar-refractivity contribution < 1.29 is 14.3 Å². The van der Waals surface area contributed by atoms with Crippen LogP contribution in [0.4, 0.5) is 0 Å². The summed E-state index contributed by atoms with van der Waals surface area (Å²) in [5, 5.41) is 7.19. The molecule has 2 aromatic heterocycles. The molecule has 0 radical (unpaired) electrons. The molecule has 0 unspecified atom stereocenters. The van der Waals surface area contributed by atoms with E-state index in [1.54, 1.807) is 6.20 Å². The van der Waals surface area contributed by atoms with Gasteiger partial charge in [0.05, 0.1) is 31.3 Å². The van der Waals surface area contributed by atoms with Crippen LogP contribution in [0, 0.1) is 0 Å². The van der Waals surface area contributed by atoms with Crippen molar-refractivity contribution in [1.29, 1.82) is 0 Å². The maximum absolute atomic E-state index is 11.4. The lowest BCUT2D eigenvalue weighted by Gasteiger charge is -2.03. The summed E-state index contributed by atoms with van der Waals surface area (Å²) in [5.41, 5.74) is 0.902. The number of hydrogen-bond donors (Lipinski definition) is 1. The first-order valence-electron chi connectivity index (χ1n) is 4.22. The molecule has 15 heavy (non-hydrogen) atoms. The Bertz CT molecular complexity index is 506. The summed E-state index contributed by atoms with van der Waals surface area (Å²) in [6.45, 7) is 0. The number of nitrogens with one attached hydrogen (secondary N) is 1. The summed E-state index contributed by atoms with van der Waals surface area (Å²) in [6, 6.07) is 0. The second kappa shape index (κ2) is 3.56. The molecule has 1 N–H and O–H groups in total. The number of carbonyl (C=O) groups is 1. The molecule has 78 valence electrons. The van der Waals surface area contributed by atoms with Crippen molar-refractivity contribution in [3.8, 4) is 5.88 Å². The molecule has 0 bridgehead atoms. The highest BCUT2D eigenvalue weighted by atomic mass is 16.5. The average molecular weight is 207 g/mol. The molecule has 0 atom stereocenters. The first-order valence-corrected chi connectivity index (χ1v) is 4.22. The summed E-state index contributed by atoms with van der Waals surface area (Å²) in [7, 11) is 2.82. The van der Waals surface area contributed by atoms with Gasteiger partial charge >= 0.3 is 5.97 Å². The number of nitrogens with zero attached hydrogens (tertiary/aromatic N) is 2. The quantitative estimate of drug-likeness (QED) is 0.735. The summed E-state index contributed by atoms with van der Waals surface area (Å²) in [6.07, 6.45) is 2.94. The largest absolute Gasteiger partial charge is 0.480 e. The topological polar surface area (TPSA) is 77.1 Å². The lowest BCUT2D eigenvalue weighted by molar-refractivity contribution is 0.0602. The molecular weight excluding hydrogens is 198 g/mol. The highest BCUT2D eigenvalue weighted by molar-refractivity contribution is 6.03. The molecule has 0 spiro atoms. The van der Waals surface area contributed by atoms with Crippen LogP contribution in [0.1, 0.15) is 10.4 Å². The normalized spacial score (nSPS) is 10.3. The molecular formula is C9H9N3O3. The van der Waals surface area contributed by atoms with Gasteiger partial charge in [-0.3, -0.25) is 5.10 Å². The number of H-pyrrole nitrogens is 1. The van der Waals surface area contributed by atoms with E-state index in [-0.39, 0.29) is 0 Å². The van der Waals surface area contributed by atoms with Gasteiger partial charge in [0.2, 0.25) is 5.88 Å². The highest BCUT2D eigenvalue weighted by Gasteiger charge is 2.15. The van der Waals surface area contributed by atoms with E-state index in [0.717, 1.165) is 0 Å². The van der Waals surface area contributed by atoms with Crippen molar-refractivity contribution in [2.45, 2.75) is 0 Å². The van der Waals surface area contributed by atoms with E-state index in [2.05, 4.69) is 19.9 Å². The number of fused-ring (bicyclic) bond motifs is 1. The lowest BCUT2D eigenvalue weighted by Crippen LogP contribution is -2.03. The van der Waals surface area contributed by atoms with E-state index in [4.69, 9.17) is 4.74 Å². The molecule has 0 amide bonds. The first kappa shape index (κ1) is 9.45. The zero-order chi connectivity index (χ0) is 10.8. The number of esters is 1. The number of aromatic nitrogens is 3. The summed E-state index contributed by atoms with van der Waals surface area (Å²) in [4.78, 5) is 15.4. The SMILES string of the molecule is COC(=O)c1cnc(OC)c2cn[nH]c12. The molecule has 0 aliphatic heterocycles. The summed E-state index contributed by atoms with van der Waals surface area (Å²) >= 11 is 0. The fourth-order valence-electron chi connectivity index (χ4n) is 1.34. The second-order valence-corrected chi connectivity index (χ2v) is 2.83. The Morgan fingerprint density at radius 3 is 2.87 bits per heavy atom. The molecule has 0 aliphatic rings. The number of ether oxygens (including phenoxy) is 2. The minimum atomic E-state index is -0.459. The van der Waals surface area contributed by atoms with Gasteiger partial charge in [0, 0.05) is 6.20 Å². The van der Waals surface area contributed by atoms with E-state index in [1.165, 1.54) is 20.4 Å². The Morgan fingerprint density at radius 2 is 2.20 bits per heavy atom. The Morgan fingerprint density at radius 1 is 1.40 bits per heavy atom. The van der Waals surface area contributed by atoms with Gasteiger partial charge in [0.25, 0.3) is 0 Å². The predicted octanol–water partition coefficient (Wildman–Crippen LogP) is 0.753. The summed E-state index contributed by atoms with van der Waals surface area (Å²) < 4.78 is 9.65. The minimum absolute atomic E-state index is 0.339. The molecule has 0 saturated carbocycles. The standard InChI is InChI=1S/C9H9N3O3/c1-14-8-5-4-11-12-7(5)6(3-10-8)9(13)15-2/h3-4H,1-2H3,(H,11,12). The minimum Gasteiger partial charge on any atom is -0.480 e. The lowest BCUT2D eigenvalue weighted by atomic mass is 10.2. The molecule has 2 heterocycles. The van der Waals surface area contributed by atoms with Gasteiger partial charge in [-0.2, -0.15) is 5.10 Å². The molecule has 0 aromatic carbocycles. The first-order chi connectivity index (χ1) is 7.27. The van der Waals surface area contributed by atoms with E-state index in [9.17, 15) is 4.79 Å². The van der Waals surface area contributed by atoms with Crippen LogP contribution in [0.5, 0.6) is 5.88 Å². The van der Waals surface area contributed by atoms with Crippen molar-refractivity contribution in [1.82, 2.24) is 15.2 Å². The fraction of sp³-hybridized carbons (Fsp3) is 0.222. The van der Waals surface area contributed by atoms with E-state index < -0.39 is 5.97 Å². The number of pyridine rings is 1. The van der Waals surface area contributed by atoms with Gasteiger partial charge in [-0.05, 0) is 0 Å². The Kier molecular flexibility index (Phi) is 2.24. The van der Waals surface area contributed by atoms with E-state index in [0.29, 0.717) is 22.3 Å². The zero-order valence-electron chi connectivity index (χ0n) is 8.27. The smallest absolute Gasteiger partial charge is 0.341 e. The van der Waals surface area contributed by atoms with Crippen LogP contribution in [-0.2, 0) is 4.74 Å². The van der Waals surface area contributed by atoms with E-state index >= 15 is 0 Å². The Hall–Kier alpha value is -2.11. The van der Waals surface area contributed by atoms with Crippen LogP contribution in [0.2, 0.25) is 0 Å². The predicted molar refractivity (Wildman–Crippen MR) is 51.8 cm³/mol. The third-order valence-electron chi connectivity index (χ3n) is 2.05. The maximum Gasteiger partial charge on any atom is 0.341 e. The van der Waals surface area contributed by atoms with Crippen molar-refractivity contribution in [3.05, 3.63) is 18.0 Å². The number of hydrogen-bond acceptors (Lipinski definition) is 5. The number of carbonyl (C=O) groups excluding carboxylic acids is 1. The monoisotopic (exact) mass is 207 g/mol. The van der Waals surface area contributed by atoms with Crippen LogP contribution in [-0.4, -0.2) is 35.4 Å². The second-order valence-electron chi connectivity index (χ2n) is 2.83. The number of rotatable bonds is 2. The molecule has 6 heteroatoms. The van der Waals surface area contributed by atoms with Crippen LogP contribution in [0.15, 0.2) is 12.4 Å². The maximum atomic E-state index is 11.4. The van der Waals surface area contributed by atoms with Gasteiger partial charge < -0.3 is 9.47 Å².